The zero-order chi connectivity index (χ0) is 16.8. The van der Waals surface area contributed by atoms with E-state index in [9.17, 15) is 15.0 Å². The van der Waals surface area contributed by atoms with E-state index in [2.05, 4.69) is 43.7 Å². The van der Waals surface area contributed by atoms with E-state index in [-0.39, 0.29) is 6.42 Å². The fraction of sp³-hybridized carbons (Fsp3) is 0.438. The summed E-state index contributed by atoms with van der Waals surface area (Å²) in [5.41, 5.74) is 0. The second kappa shape index (κ2) is 13.8. The SMILES string of the molecule is O=C(O)CCCC#C/C=C/[C@@H](O)[C@H](O)CC/C=C(Br)\C=C/Br. The number of allylic oxidation sites excluding steroid dienone is 4. The van der Waals surface area contributed by atoms with Crippen LogP contribution < -0.4 is 0 Å². The summed E-state index contributed by atoms with van der Waals surface area (Å²) in [7, 11) is 0. The Morgan fingerprint density at radius 3 is 2.68 bits per heavy atom. The zero-order valence-corrected chi connectivity index (χ0v) is 15.3. The molecule has 0 unspecified atom stereocenters. The number of carboxylic acids is 1. The zero-order valence-electron chi connectivity index (χ0n) is 12.1. The standard InChI is InChI=1S/C16H20Br2O4/c17-12-11-13(18)7-6-9-15(20)14(19)8-4-2-1-3-5-10-16(21)22/h4,7-8,11-12,14-15,19-20H,3,5-6,9-10H2,(H,21,22)/b8-4+,12-11-,13-7+/t14-,15-/m1/s1. The highest BCUT2D eigenvalue weighted by Crippen LogP contribution is 2.12. The number of unbranched alkanes of at least 4 members (excludes halogenated alkanes) is 1. The van der Waals surface area contributed by atoms with Gasteiger partial charge < -0.3 is 15.3 Å². The smallest absolute Gasteiger partial charge is 0.303 e. The first-order valence-electron chi connectivity index (χ1n) is 6.82. The normalized spacial score (nSPS) is 14.8. The number of aliphatic hydroxyl groups is 2. The number of carbonyl (C=O) groups is 1. The molecule has 2 atom stereocenters. The van der Waals surface area contributed by atoms with Crippen molar-refractivity contribution in [3.63, 3.8) is 0 Å². The average molecular weight is 436 g/mol. The lowest BCUT2D eigenvalue weighted by atomic mass is 10.1. The molecule has 3 N–H and O–H groups in total. The van der Waals surface area contributed by atoms with Gasteiger partial charge in [-0.1, -0.05) is 49.8 Å². The molecule has 0 saturated heterocycles. The van der Waals surface area contributed by atoms with Gasteiger partial charge in [0, 0.05) is 17.3 Å². The Balaban J connectivity index is 4.01. The minimum atomic E-state index is -0.966. The van der Waals surface area contributed by atoms with Crippen molar-refractivity contribution in [2.45, 2.75) is 44.3 Å². The number of aliphatic hydroxyl groups excluding tert-OH is 2. The molecule has 22 heavy (non-hydrogen) atoms. The molecule has 0 aliphatic heterocycles. The van der Waals surface area contributed by atoms with E-state index in [0.717, 1.165) is 4.48 Å². The van der Waals surface area contributed by atoms with Crippen molar-refractivity contribution in [1.29, 1.82) is 0 Å². The molecular weight excluding hydrogens is 416 g/mol. The fourth-order valence-corrected chi connectivity index (χ4v) is 2.43. The van der Waals surface area contributed by atoms with E-state index < -0.39 is 18.2 Å². The van der Waals surface area contributed by atoms with Gasteiger partial charge in [0.25, 0.3) is 0 Å². The molecule has 0 fully saturated rings. The molecule has 0 aromatic rings. The molecule has 0 aliphatic carbocycles. The van der Waals surface area contributed by atoms with Gasteiger partial charge in [0.2, 0.25) is 0 Å². The van der Waals surface area contributed by atoms with E-state index in [1.807, 2.05) is 12.2 Å². The summed E-state index contributed by atoms with van der Waals surface area (Å²) < 4.78 is 0.897. The van der Waals surface area contributed by atoms with Gasteiger partial charge in [-0.2, -0.15) is 0 Å². The summed E-state index contributed by atoms with van der Waals surface area (Å²) in [6, 6.07) is 0. The maximum atomic E-state index is 10.3. The van der Waals surface area contributed by atoms with Gasteiger partial charge >= 0.3 is 5.97 Å². The molecule has 6 heteroatoms. The van der Waals surface area contributed by atoms with Crippen LogP contribution >= 0.6 is 31.9 Å². The third kappa shape index (κ3) is 12.8. The molecule has 0 aliphatic rings. The predicted molar refractivity (Wildman–Crippen MR) is 94.7 cm³/mol. The molecule has 0 aromatic carbocycles. The molecule has 0 amide bonds. The molecule has 0 saturated carbocycles. The summed E-state index contributed by atoms with van der Waals surface area (Å²) in [4.78, 5) is 12.0. The number of hydrogen-bond donors (Lipinski definition) is 3. The number of aliphatic carboxylic acids is 1. The molecule has 0 bridgehead atoms. The van der Waals surface area contributed by atoms with Gasteiger partial charge in [-0.25, -0.2) is 0 Å². The second-order valence-corrected chi connectivity index (χ2v) is 5.89. The van der Waals surface area contributed by atoms with Crippen LogP contribution in [0.1, 0.15) is 32.1 Å². The Bertz CT molecular complexity index is 472. The van der Waals surface area contributed by atoms with E-state index in [1.165, 1.54) is 12.2 Å². The van der Waals surface area contributed by atoms with Gasteiger partial charge in [-0.05, 0) is 42.5 Å². The molecule has 4 nitrogen and oxygen atoms in total. The van der Waals surface area contributed by atoms with Crippen LogP contribution in [-0.2, 0) is 4.79 Å². The quantitative estimate of drug-likeness (QED) is 0.294. The van der Waals surface area contributed by atoms with Crippen molar-refractivity contribution < 1.29 is 20.1 Å². The Kier molecular flexibility index (Phi) is 13.2. The van der Waals surface area contributed by atoms with Crippen molar-refractivity contribution in [1.82, 2.24) is 0 Å². The van der Waals surface area contributed by atoms with Gasteiger partial charge in [-0.15, -0.1) is 0 Å². The number of halogens is 2. The molecule has 122 valence electrons. The Hall–Kier alpha value is -0.870. The molecule has 0 rings (SSSR count). The number of hydrogen-bond acceptors (Lipinski definition) is 3. The lowest BCUT2D eigenvalue weighted by Crippen LogP contribution is -2.23. The van der Waals surface area contributed by atoms with Crippen LogP contribution in [0.15, 0.2) is 33.8 Å². The second-order valence-electron chi connectivity index (χ2n) is 4.44. The summed E-state index contributed by atoms with van der Waals surface area (Å²) in [6.07, 6.45) is 6.99. The summed E-state index contributed by atoms with van der Waals surface area (Å²) in [5.74, 6) is 4.66. The van der Waals surface area contributed by atoms with Crippen LogP contribution in [0, 0.1) is 11.8 Å². The first-order valence-corrected chi connectivity index (χ1v) is 8.53. The van der Waals surface area contributed by atoms with Gasteiger partial charge in [0.05, 0.1) is 12.2 Å². The van der Waals surface area contributed by atoms with Crippen molar-refractivity contribution >= 4 is 37.8 Å². The highest BCUT2D eigenvalue weighted by molar-refractivity contribution is 9.12. The maximum absolute atomic E-state index is 10.3. The van der Waals surface area contributed by atoms with Gasteiger partial charge in [-0.3, -0.25) is 4.79 Å². The molecule has 0 aromatic heterocycles. The molecular formula is C16H20Br2O4. The fourth-order valence-electron chi connectivity index (χ4n) is 1.43. The minimum absolute atomic E-state index is 0.104. The van der Waals surface area contributed by atoms with Crippen LogP contribution in [0.25, 0.3) is 0 Å². The van der Waals surface area contributed by atoms with Crippen LogP contribution in [0.5, 0.6) is 0 Å². The first kappa shape index (κ1) is 21.1. The Labute approximate surface area is 147 Å². The summed E-state index contributed by atoms with van der Waals surface area (Å²) in [6.45, 7) is 0. The van der Waals surface area contributed by atoms with Crippen LogP contribution in [0.2, 0.25) is 0 Å². The topological polar surface area (TPSA) is 77.8 Å². The average Bonchev–Trinajstić information content (AvgIpc) is 2.45. The van der Waals surface area contributed by atoms with E-state index in [4.69, 9.17) is 5.11 Å². The monoisotopic (exact) mass is 434 g/mol. The van der Waals surface area contributed by atoms with Crippen LogP contribution in [-0.4, -0.2) is 33.5 Å². The summed E-state index contributed by atoms with van der Waals surface area (Å²) >= 11 is 6.50. The van der Waals surface area contributed by atoms with Crippen molar-refractivity contribution in [2.24, 2.45) is 0 Å². The van der Waals surface area contributed by atoms with Crippen LogP contribution in [0.4, 0.5) is 0 Å². The highest BCUT2D eigenvalue weighted by atomic mass is 79.9. The minimum Gasteiger partial charge on any atom is -0.481 e. The highest BCUT2D eigenvalue weighted by Gasteiger charge is 2.11. The van der Waals surface area contributed by atoms with E-state index >= 15 is 0 Å². The third-order valence-corrected chi connectivity index (χ3v) is 3.44. The number of carboxylic acid groups (broad SMARTS) is 1. The predicted octanol–water partition coefficient (Wildman–Crippen LogP) is 3.49. The molecule has 0 radical (unpaired) electrons. The Morgan fingerprint density at radius 2 is 2.05 bits per heavy atom. The van der Waals surface area contributed by atoms with Crippen molar-refractivity contribution in [2.75, 3.05) is 0 Å². The van der Waals surface area contributed by atoms with Gasteiger partial charge in [0.1, 0.15) is 0 Å². The summed E-state index contributed by atoms with van der Waals surface area (Å²) in [5, 5.41) is 28.0. The first-order chi connectivity index (χ1) is 10.5. The third-order valence-electron chi connectivity index (χ3n) is 2.59. The van der Waals surface area contributed by atoms with Crippen LogP contribution in [0.3, 0.4) is 0 Å². The van der Waals surface area contributed by atoms with Crippen molar-refractivity contribution in [3.8, 4) is 11.8 Å². The lowest BCUT2D eigenvalue weighted by Gasteiger charge is -2.12. The van der Waals surface area contributed by atoms with E-state index in [1.54, 1.807) is 4.99 Å². The van der Waals surface area contributed by atoms with Gasteiger partial charge in [0.15, 0.2) is 0 Å². The molecule has 0 spiro atoms. The van der Waals surface area contributed by atoms with E-state index in [0.29, 0.717) is 25.7 Å². The Morgan fingerprint density at radius 1 is 1.32 bits per heavy atom. The lowest BCUT2D eigenvalue weighted by molar-refractivity contribution is -0.137. The molecule has 0 heterocycles. The maximum Gasteiger partial charge on any atom is 0.303 e. The number of rotatable bonds is 9. The van der Waals surface area contributed by atoms with Crippen molar-refractivity contribution in [3.05, 3.63) is 33.8 Å². The largest absolute Gasteiger partial charge is 0.481 e.